The fourth-order valence-electron chi connectivity index (χ4n) is 8.07. The minimum atomic E-state index is -1.08. The molecule has 7 unspecified atom stereocenters. The van der Waals surface area contributed by atoms with Crippen molar-refractivity contribution in [1.82, 2.24) is 4.98 Å². The lowest BCUT2D eigenvalue weighted by atomic mass is 9.40. The number of nitrogens with zero attached hydrogens (tertiary/aromatic N) is 1. The Kier molecular flexibility index (Phi) is 4.79. The van der Waals surface area contributed by atoms with Crippen LogP contribution >= 0.6 is 11.3 Å². The number of aromatic nitrogens is 1. The molecule has 1 spiro atoms. The third-order valence-corrected chi connectivity index (χ3v) is 10.5. The van der Waals surface area contributed by atoms with Gasteiger partial charge in [-0.2, -0.15) is 0 Å². The first-order valence-electron chi connectivity index (χ1n) is 11.9. The van der Waals surface area contributed by atoms with E-state index in [9.17, 15) is 15.0 Å². The standard InChI is InChI=1S/C25H36N2O3S/c1-6-7-10-26-22-27-19-15(31-22)12-24(5)16-9-8-14-13(2)20(29)25(16,21(14)30)18(28)11-17(24)23(19,3)4/h14,16-18,21,28,30H,2,6-12H2,1,3-5H3,(H,26,27). The number of ketones is 1. The summed E-state index contributed by atoms with van der Waals surface area (Å²) >= 11 is 1.75. The van der Waals surface area contributed by atoms with Crippen LogP contribution in [0.15, 0.2) is 12.2 Å². The zero-order valence-corrected chi connectivity index (χ0v) is 20.0. The number of thiazole rings is 1. The summed E-state index contributed by atoms with van der Waals surface area (Å²) in [5, 5.41) is 27.3. The Morgan fingerprint density at radius 2 is 1.97 bits per heavy atom. The molecule has 3 fully saturated rings. The van der Waals surface area contributed by atoms with Crippen molar-refractivity contribution in [2.24, 2.45) is 28.6 Å². The number of hydrogen-bond acceptors (Lipinski definition) is 6. The zero-order chi connectivity index (χ0) is 22.3. The van der Waals surface area contributed by atoms with Crippen LogP contribution in [0.4, 0.5) is 5.13 Å². The molecule has 0 saturated heterocycles. The number of carbonyl (C=O) groups excluding carboxylic acids is 1. The molecule has 0 radical (unpaired) electrons. The fraction of sp³-hybridized carbons (Fsp3) is 0.760. The average Bonchev–Trinajstić information content (AvgIpc) is 3.15. The zero-order valence-electron chi connectivity index (χ0n) is 19.2. The minimum Gasteiger partial charge on any atom is -0.392 e. The van der Waals surface area contributed by atoms with Crippen LogP contribution in [0.25, 0.3) is 0 Å². The number of aliphatic hydroxyl groups excluding tert-OH is 2. The topological polar surface area (TPSA) is 82.5 Å². The molecule has 0 amide bonds. The van der Waals surface area contributed by atoms with E-state index in [4.69, 9.17) is 4.98 Å². The first-order valence-corrected chi connectivity index (χ1v) is 12.8. The van der Waals surface area contributed by atoms with Gasteiger partial charge in [-0.05, 0) is 54.9 Å². The molecule has 170 valence electrons. The maximum atomic E-state index is 13.5. The molecule has 5 rings (SSSR count). The molecular formula is C25H36N2O3S. The van der Waals surface area contributed by atoms with Crippen molar-refractivity contribution >= 4 is 22.3 Å². The number of aliphatic hydroxyl groups is 2. The van der Waals surface area contributed by atoms with Gasteiger partial charge in [0.2, 0.25) is 0 Å². The van der Waals surface area contributed by atoms with Crippen LogP contribution in [0, 0.1) is 28.6 Å². The van der Waals surface area contributed by atoms with Gasteiger partial charge in [0.25, 0.3) is 0 Å². The molecule has 0 aliphatic heterocycles. The van der Waals surface area contributed by atoms with Gasteiger partial charge in [-0.1, -0.05) is 40.7 Å². The van der Waals surface area contributed by atoms with Gasteiger partial charge in [-0.25, -0.2) is 4.98 Å². The number of fused-ring (bicyclic) bond motifs is 4. The van der Waals surface area contributed by atoms with Gasteiger partial charge in [0.05, 0.1) is 23.3 Å². The molecule has 2 bridgehead atoms. The Hall–Kier alpha value is -1.24. The van der Waals surface area contributed by atoms with Gasteiger partial charge in [0.15, 0.2) is 10.9 Å². The van der Waals surface area contributed by atoms with Crippen molar-refractivity contribution in [3.63, 3.8) is 0 Å². The molecule has 1 aromatic rings. The number of rotatable bonds is 4. The van der Waals surface area contributed by atoms with Gasteiger partial charge in [0, 0.05) is 22.8 Å². The van der Waals surface area contributed by atoms with E-state index in [1.165, 1.54) is 4.88 Å². The highest BCUT2D eigenvalue weighted by atomic mass is 32.1. The van der Waals surface area contributed by atoms with Crippen molar-refractivity contribution in [3.05, 3.63) is 22.7 Å². The van der Waals surface area contributed by atoms with Crippen molar-refractivity contribution in [2.45, 2.75) is 83.8 Å². The molecule has 0 aromatic carbocycles. The summed E-state index contributed by atoms with van der Waals surface area (Å²) in [4.78, 5) is 19.8. The number of nitrogens with one attached hydrogen (secondary N) is 1. The molecule has 1 aromatic heterocycles. The molecule has 5 nitrogen and oxygen atoms in total. The average molecular weight is 445 g/mol. The summed E-state index contributed by atoms with van der Waals surface area (Å²) in [6, 6.07) is 0. The van der Waals surface area contributed by atoms with Crippen molar-refractivity contribution in [2.75, 3.05) is 11.9 Å². The fourth-order valence-corrected chi connectivity index (χ4v) is 9.40. The maximum Gasteiger partial charge on any atom is 0.183 e. The van der Waals surface area contributed by atoms with Gasteiger partial charge in [-0.15, -0.1) is 11.3 Å². The van der Waals surface area contributed by atoms with Crippen LogP contribution < -0.4 is 5.32 Å². The van der Waals surface area contributed by atoms with E-state index in [0.29, 0.717) is 12.0 Å². The SMILES string of the molecule is C=C1C(=O)C23C(O)CC4C(C)(C)c5nc(NCCCC)sc5CC4(C)C2CCC1C3O. The van der Waals surface area contributed by atoms with Gasteiger partial charge < -0.3 is 15.5 Å². The molecule has 4 aliphatic rings. The Morgan fingerprint density at radius 3 is 2.68 bits per heavy atom. The van der Waals surface area contributed by atoms with Crippen LogP contribution in [0.2, 0.25) is 0 Å². The molecule has 4 aliphatic carbocycles. The smallest absolute Gasteiger partial charge is 0.183 e. The van der Waals surface area contributed by atoms with Crippen LogP contribution in [0.1, 0.15) is 70.4 Å². The lowest BCUT2D eigenvalue weighted by Crippen LogP contribution is -2.68. The van der Waals surface area contributed by atoms with E-state index in [1.54, 1.807) is 11.3 Å². The molecule has 7 atom stereocenters. The number of hydrogen-bond donors (Lipinski definition) is 3. The third kappa shape index (κ3) is 2.56. The Labute approximate surface area is 189 Å². The van der Waals surface area contributed by atoms with Crippen molar-refractivity contribution in [3.8, 4) is 0 Å². The third-order valence-electron chi connectivity index (χ3n) is 9.48. The first-order chi connectivity index (χ1) is 14.6. The second kappa shape index (κ2) is 6.88. The molecule has 6 heteroatoms. The van der Waals surface area contributed by atoms with Crippen LogP contribution in [-0.2, 0) is 16.6 Å². The maximum absolute atomic E-state index is 13.5. The van der Waals surface area contributed by atoms with Gasteiger partial charge >= 0.3 is 0 Å². The largest absolute Gasteiger partial charge is 0.392 e. The summed E-state index contributed by atoms with van der Waals surface area (Å²) in [5.41, 5.74) is 0.235. The minimum absolute atomic E-state index is 0.0437. The monoisotopic (exact) mass is 444 g/mol. The van der Waals surface area contributed by atoms with Gasteiger partial charge in [-0.3, -0.25) is 4.79 Å². The van der Waals surface area contributed by atoms with Crippen molar-refractivity contribution < 1.29 is 15.0 Å². The Morgan fingerprint density at radius 1 is 1.23 bits per heavy atom. The predicted octanol–water partition coefficient (Wildman–Crippen LogP) is 4.09. The summed E-state index contributed by atoms with van der Waals surface area (Å²) in [7, 11) is 0. The van der Waals surface area contributed by atoms with Gasteiger partial charge in [0.1, 0.15) is 0 Å². The van der Waals surface area contributed by atoms with E-state index in [0.717, 1.165) is 49.5 Å². The number of carbonyl (C=O) groups is 1. The number of Topliss-reactive ketones (excluding diaryl/α,β-unsaturated/α-hetero) is 1. The summed E-state index contributed by atoms with van der Waals surface area (Å²) in [6.07, 6.45) is 3.66. The van der Waals surface area contributed by atoms with E-state index >= 15 is 0 Å². The summed E-state index contributed by atoms with van der Waals surface area (Å²) in [6.45, 7) is 14.0. The van der Waals surface area contributed by atoms with Crippen molar-refractivity contribution in [1.29, 1.82) is 0 Å². The van der Waals surface area contributed by atoms with E-state index in [1.807, 2.05) is 0 Å². The highest BCUT2D eigenvalue weighted by Crippen LogP contribution is 2.70. The summed E-state index contributed by atoms with van der Waals surface area (Å²) in [5.74, 6) is -0.107. The quantitative estimate of drug-likeness (QED) is 0.481. The van der Waals surface area contributed by atoms with Crippen LogP contribution in [0.3, 0.4) is 0 Å². The molecular weight excluding hydrogens is 408 g/mol. The number of unbranched alkanes of at least 4 members (excludes halogenated alkanes) is 1. The highest BCUT2D eigenvalue weighted by molar-refractivity contribution is 7.15. The van der Waals surface area contributed by atoms with E-state index in [2.05, 4.69) is 39.6 Å². The van der Waals surface area contributed by atoms with E-state index in [-0.39, 0.29) is 34.4 Å². The predicted molar refractivity (Wildman–Crippen MR) is 123 cm³/mol. The second-order valence-electron chi connectivity index (χ2n) is 11.2. The Bertz CT molecular complexity index is 939. The van der Waals surface area contributed by atoms with Crippen LogP contribution in [0.5, 0.6) is 0 Å². The normalized spacial score (nSPS) is 42.7. The van der Waals surface area contributed by atoms with Crippen LogP contribution in [-0.4, -0.2) is 39.7 Å². The summed E-state index contributed by atoms with van der Waals surface area (Å²) < 4.78 is 0. The molecule has 1 heterocycles. The van der Waals surface area contributed by atoms with E-state index < -0.39 is 17.6 Å². The molecule has 3 saturated carbocycles. The highest BCUT2D eigenvalue weighted by Gasteiger charge is 2.74. The number of anilines is 1. The first kappa shape index (κ1) is 21.6. The molecule has 31 heavy (non-hydrogen) atoms. The lowest BCUT2D eigenvalue weighted by molar-refractivity contribution is -0.212. The molecule has 3 N–H and O–H groups in total. The lowest BCUT2D eigenvalue weighted by Gasteiger charge is -2.64. The second-order valence-corrected chi connectivity index (χ2v) is 12.3. The Balaban J connectivity index is 1.59.